The predicted molar refractivity (Wildman–Crippen MR) is 66.3 cm³/mol. The number of hydrogen-bond donors (Lipinski definition) is 2. The van der Waals surface area contributed by atoms with Crippen molar-refractivity contribution in [1.29, 1.82) is 0 Å². The number of piperidine rings is 1. The molecule has 0 amide bonds. The normalized spacial score (nSPS) is 25.5. The first-order valence-corrected chi connectivity index (χ1v) is 6.65. The minimum absolute atomic E-state index is 0.171. The predicted octanol–water partition coefficient (Wildman–Crippen LogP) is 1.50. The second-order valence-corrected chi connectivity index (χ2v) is 5.24. The van der Waals surface area contributed by atoms with Crippen LogP contribution in [0.2, 0.25) is 0 Å². The number of nitrogens with zero attached hydrogens (tertiary/aromatic N) is 1. The number of nitrogens with one attached hydrogen (secondary N) is 2. The summed E-state index contributed by atoms with van der Waals surface area (Å²) in [6.45, 7) is 2.05. The average Bonchev–Trinajstić information content (AvgIpc) is 2.27. The molecule has 17 heavy (non-hydrogen) atoms. The van der Waals surface area contributed by atoms with Gasteiger partial charge >= 0.3 is 5.69 Å². The van der Waals surface area contributed by atoms with Gasteiger partial charge in [0.2, 0.25) is 0 Å². The van der Waals surface area contributed by atoms with Gasteiger partial charge in [0, 0.05) is 18.2 Å². The molecule has 1 saturated heterocycles. The molecule has 2 heterocycles. The zero-order valence-electron chi connectivity index (χ0n) is 10.0. The van der Waals surface area contributed by atoms with Crippen LogP contribution in [0.25, 0.3) is 0 Å². The minimum Gasteiger partial charge on any atom is -0.316 e. The molecule has 0 spiro atoms. The molecule has 1 saturated carbocycles. The van der Waals surface area contributed by atoms with Crippen molar-refractivity contribution in [1.82, 2.24) is 15.3 Å². The largest absolute Gasteiger partial charge is 0.345 e. The maximum Gasteiger partial charge on any atom is 0.345 e. The van der Waals surface area contributed by atoms with Crippen molar-refractivity contribution in [2.75, 3.05) is 13.1 Å². The van der Waals surface area contributed by atoms with Crippen LogP contribution in [0.15, 0.2) is 10.9 Å². The van der Waals surface area contributed by atoms with Crippen molar-refractivity contribution in [2.24, 2.45) is 0 Å². The summed E-state index contributed by atoms with van der Waals surface area (Å²) in [6, 6.07) is 2.13. The lowest BCUT2D eigenvalue weighted by Gasteiger charge is -2.27. The van der Waals surface area contributed by atoms with E-state index in [1.807, 2.05) is 0 Å². The second-order valence-electron chi connectivity index (χ2n) is 5.24. The fourth-order valence-corrected chi connectivity index (χ4v) is 2.75. The third kappa shape index (κ3) is 2.27. The van der Waals surface area contributed by atoms with E-state index in [-0.39, 0.29) is 5.69 Å². The maximum absolute atomic E-state index is 11.6. The van der Waals surface area contributed by atoms with E-state index in [9.17, 15) is 4.79 Å². The van der Waals surface area contributed by atoms with Crippen molar-refractivity contribution >= 4 is 0 Å². The Morgan fingerprint density at radius 1 is 1.18 bits per heavy atom. The molecule has 1 aromatic heterocycles. The summed E-state index contributed by atoms with van der Waals surface area (Å²) in [5.41, 5.74) is 1.93. The van der Waals surface area contributed by atoms with Gasteiger partial charge in [-0.3, -0.25) is 0 Å². The van der Waals surface area contributed by atoms with Crippen LogP contribution in [0.4, 0.5) is 0 Å². The molecule has 4 heteroatoms. The average molecular weight is 233 g/mol. The van der Waals surface area contributed by atoms with Gasteiger partial charge in [0.15, 0.2) is 0 Å². The second kappa shape index (κ2) is 4.61. The Labute approximate surface area is 101 Å². The third-order valence-electron chi connectivity index (χ3n) is 4.05. The summed E-state index contributed by atoms with van der Waals surface area (Å²) in [6.07, 6.45) is 6.03. The van der Waals surface area contributed by atoms with Crippen LogP contribution in [-0.2, 0) is 0 Å². The molecular weight excluding hydrogens is 214 g/mol. The molecule has 1 aliphatic carbocycles. The van der Waals surface area contributed by atoms with Crippen LogP contribution in [0.5, 0.6) is 0 Å². The summed E-state index contributed by atoms with van der Waals surface area (Å²) in [4.78, 5) is 18.7. The van der Waals surface area contributed by atoms with Crippen molar-refractivity contribution < 1.29 is 0 Å². The molecule has 0 bridgehead atoms. The molecule has 3 rings (SSSR count). The summed E-state index contributed by atoms with van der Waals surface area (Å²) >= 11 is 0. The van der Waals surface area contributed by atoms with Gasteiger partial charge in [0.05, 0.1) is 5.69 Å². The van der Waals surface area contributed by atoms with E-state index >= 15 is 0 Å². The molecule has 1 aliphatic heterocycles. The number of rotatable bonds is 2. The van der Waals surface area contributed by atoms with Crippen molar-refractivity contribution in [3.05, 3.63) is 27.9 Å². The molecular formula is C13H19N3O. The van der Waals surface area contributed by atoms with Crippen LogP contribution < -0.4 is 11.0 Å². The van der Waals surface area contributed by atoms with E-state index in [0.717, 1.165) is 30.9 Å². The zero-order valence-corrected chi connectivity index (χ0v) is 10.0. The monoisotopic (exact) mass is 233 g/mol. The van der Waals surface area contributed by atoms with Gasteiger partial charge in [-0.05, 0) is 44.2 Å². The van der Waals surface area contributed by atoms with Gasteiger partial charge in [0.1, 0.15) is 0 Å². The first kappa shape index (κ1) is 11.0. The molecule has 1 aromatic rings. The Kier molecular flexibility index (Phi) is 2.97. The third-order valence-corrected chi connectivity index (χ3v) is 4.05. The fraction of sp³-hybridized carbons (Fsp3) is 0.692. The molecule has 1 atom stereocenters. The van der Waals surface area contributed by atoms with E-state index < -0.39 is 0 Å². The van der Waals surface area contributed by atoms with Crippen LogP contribution in [0.3, 0.4) is 0 Å². The summed E-state index contributed by atoms with van der Waals surface area (Å²) < 4.78 is 0. The number of aromatic amines is 1. The van der Waals surface area contributed by atoms with E-state index in [0.29, 0.717) is 11.8 Å². The molecule has 2 fully saturated rings. The first-order valence-electron chi connectivity index (χ1n) is 6.65. The van der Waals surface area contributed by atoms with Crippen LogP contribution >= 0.6 is 0 Å². The van der Waals surface area contributed by atoms with E-state index in [1.165, 1.54) is 25.7 Å². The molecule has 2 aliphatic rings. The van der Waals surface area contributed by atoms with Crippen LogP contribution in [0.1, 0.15) is 55.3 Å². The van der Waals surface area contributed by atoms with Gasteiger partial charge in [-0.2, -0.15) is 4.98 Å². The van der Waals surface area contributed by atoms with Crippen molar-refractivity contribution in [3.8, 4) is 0 Å². The van der Waals surface area contributed by atoms with E-state index in [1.54, 1.807) is 0 Å². The van der Waals surface area contributed by atoms with Gasteiger partial charge in [-0.25, -0.2) is 4.79 Å². The number of hydrogen-bond acceptors (Lipinski definition) is 3. The zero-order chi connectivity index (χ0) is 11.7. The Hall–Kier alpha value is -1.16. The number of H-pyrrole nitrogens is 1. The molecule has 92 valence electrons. The minimum atomic E-state index is -0.171. The van der Waals surface area contributed by atoms with Crippen molar-refractivity contribution in [3.63, 3.8) is 0 Å². The highest BCUT2D eigenvalue weighted by Gasteiger charge is 2.23. The summed E-state index contributed by atoms with van der Waals surface area (Å²) in [7, 11) is 0. The Bertz CT molecular complexity index is 444. The van der Waals surface area contributed by atoms with Crippen LogP contribution in [-0.4, -0.2) is 23.1 Å². The number of aromatic nitrogens is 2. The van der Waals surface area contributed by atoms with Gasteiger partial charge in [-0.15, -0.1) is 0 Å². The maximum atomic E-state index is 11.6. The molecule has 2 N–H and O–H groups in total. The lowest BCUT2D eigenvalue weighted by molar-refractivity contribution is 0.406. The molecule has 0 aromatic carbocycles. The highest BCUT2D eigenvalue weighted by atomic mass is 16.1. The topological polar surface area (TPSA) is 57.8 Å². The quantitative estimate of drug-likeness (QED) is 0.814. The lowest BCUT2D eigenvalue weighted by atomic mass is 9.82. The van der Waals surface area contributed by atoms with Gasteiger partial charge in [-0.1, -0.05) is 6.42 Å². The summed E-state index contributed by atoms with van der Waals surface area (Å²) in [5, 5.41) is 3.38. The SMILES string of the molecule is O=c1nc(C2CCCNC2)cc(C2CCC2)[nH]1. The van der Waals surface area contributed by atoms with Gasteiger partial charge in [0.25, 0.3) is 0 Å². The summed E-state index contributed by atoms with van der Waals surface area (Å²) in [5.74, 6) is 0.992. The Morgan fingerprint density at radius 2 is 2.00 bits per heavy atom. The van der Waals surface area contributed by atoms with Crippen molar-refractivity contribution in [2.45, 2.75) is 43.9 Å². The molecule has 0 radical (unpaired) electrons. The smallest absolute Gasteiger partial charge is 0.316 e. The first-order chi connectivity index (χ1) is 8.33. The van der Waals surface area contributed by atoms with Crippen LogP contribution in [0, 0.1) is 0 Å². The highest BCUT2D eigenvalue weighted by molar-refractivity contribution is 5.18. The Morgan fingerprint density at radius 3 is 2.65 bits per heavy atom. The van der Waals surface area contributed by atoms with Gasteiger partial charge < -0.3 is 10.3 Å². The lowest BCUT2D eigenvalue weighted by Crippen LogP contribution is -2.30. The molecule has 1 unspecified atom stereocenters. The standard InChI is InChI=1S/C13H19N3O/c17-13-15-11(9-3-1-4-9)7-12(16-13)10-5-2-6-14-8-10/h7,9-10,14H,1-6,8H2,(H,15,16,17). The Balaban J connectivity index is 1.87. The van der Waals surface area contributed by atoms with E-state index in [4.69, 9.17) is 0 Å². The fourth-order valence-electron chi connectivity index (χ4n) is 2.75. The molecule has 4 nitrogen and oxygen atoms in total. The highest BCUT2D eigenvalue weighted by Crippen LogP contribution is 2.35. The van der Waals surface area contributed by atoms with E-state index in [2.05, 4.69) is 21.4 Å².